The van der Waals surface area contributed by atoms with Gasteiger partial charge in [0.2, 0.25) is 0 Å². The van der Waals surface area contributed by atoms with Crippen molar-refractivity contribution in [1.29, 1.82) is 0 Å². The Labute approximate surface area is 177 Å². The molecule has 1 N–H and O–H groups in total. The Morgan fingerprint density at radius 1 is 1.27 bits per heavy atom. The van der Waals surface area contributed by atoms with Crippen molar-refractivity contribution in [3.63, 3.8) is 0 Å². The Balaban J connectivity index is 1.58. The molecule has 4 aromatic rings. The lowest BCUT2D eigenvalue weighted by molar-refractivity contribution is 0.0953. The molecule has 0 amide bonds. The molecule has 1 aliphatic heterocycles. The third kappa shape index (κ3) is 3.48. The molecule has 3 aromatic heterocycles. The molecular weight excluding hydrogens is 403 g/mol. The second kappa shape index (κ2) is 8.16. The minimum atomic E-state index is -0.398. The van der Waals surface area contributed by atoms with Crippen molar-refractivity contribution in [3.8, 4) is 11.4 Å². The number of H-pyrrole nitrogens is 1. The summed E-state index contributed by atoms with van der Waals surface area (Å²) in [6.07, 6.45) is 5.95. The molecule has 0 spiro atoms. The Hall–Kier alpha value is -2.78. The van der Waals surface area contributed by atoms with E-state index in [2.05, 4.69) is 31.2 Å². The molecule has 0 bridgehead atoms. The van der Waals surface area contributed by atoms with Crippen molar-refractivity contribution < 1.29 is 9.13 Å². The lowest BCUT2D eigenvalue weighted by Crippen LogP contribution is -2.16. The summed E-state index contributed by atoms with van der Waals surface area (Å²) in [7, 11) is 0. The Kier molecular flexibility index (Phi) is 5.22. The van der Waals surface area contributed by atoms with Crippen LogP contribution < -0.4 is 0 Å². The lowest BCUT2D eigenvalue weighted by Gasteiger charge is -2.14. The van der Waals surface area contributed by atoms with Crippen LogP contribution in [0.2, 0.25) is 0 Å². The van der Waals surface area contributed by atoms with Gasteiger partial charge in [-0.2, -0.15) is 0 Å². The van der Waals surface area contributed by atoms with Crippen LogP contribution in [0.1, 0.15) is 25.5 Å². The molecule has 1 aromatic carbocycles. The van der Waals surface area contributed by atoms with E-state index in [-0.39, 0.29) is 11.1 Å². The van der Waals surface area contributed by atoms with E-state index in [1.165, 1.54) is 18.1 Å². The fraction of sp³-hybridized carbons (Fsp3) is 0.333. The average Bonchev–Trinajstić information content (AvgIpc) is 3.51. The Bertz CT molecular complexity index is 1180. The van der Waals surface area contributed by atoms with Crippen molar-refractivity contribution in [2.75, 3.05) is 6.61 Å². The second-order valence-electron chi connectivity index (χ2n) is 7.19. The first kappa shape index (κ1) is 19.2. The number of aryl methyl sites for hydroxylation is 1. The molecule has 4 heterocycles. The van der Waals surface area contributed by atoms with Crippen LogP contribution in [0.15, 0.2) is 47.0 Å². The molecule has 1 fully saturated rings. The van der Waals surface area contributed by atoms with Gasteiger partial charge in [-0.15, -0.1) is 10.2 Å². The zero-order chi connectivity index (χ0) is 20.5. The molecule has 1 aliphatic rings. The summed E-state index contributed by atoms with van der Waals surface area (Å²) in [5.41, 5.74) is 2.39. The largest absolute Gasteiger partial charge is 0.376 e. The molecule has 154 valence electrons. The van der Waals surface area contributed by atoms with Crippen LogP contribution in [-0.4, -0.2) is 42.4 Å². The van der Waals surface area contributed by atoms with E-state index in [0.29, 0.717) is 23.8 Å². The maximum atomic E-state index is 14.8. The van der Waals surface area contributed by atoms with Crippen molar-refractivity contribution in [3.05, 3.63) is 48.3 Å². The fourth-order valence-corrected chi connectivity index (χ4v) is 4.60. The summed E-state index contributed by atoms with van der Waals surface area (Å²) >= 11 is 1.17. The van der Waals surface area contributed by atoms with Gasteiger partial charge < -0.3 is 9.72 Å². The molecule has 5 rings (SSSR count). The van der Waals surface area contributed by atoms with E-state index in [1.54, 1.807) is 0 Å². The molecule has 0 radical (unpaired) electrons. The molecule has 0 aliphatic carbocycles. The summed E-state index contributed by atoms with van der Waals surface area (Å²) in [5, 5.41) is 10.8. The molecule has 30 heavy (non-hydrogen) atoms. The third-order valence-electron chi connectivity index (χ3n) is 5.31. The standard InChI is InChI=1S/C21H21FN6OS/c1-2-16-18(22)20(25-12-24-16)30-21-27-26-19(28(21)11-13-6-5-9-29-13)15-10-23-17-8-4-3-7-14(15)17/h3-4,7-8,10,12-13,23H,2,5-6,9,11H2,1H3. The summed E-state index contributed by atoms with van der Waals surface area (Å²) in [5.74, 6) is 0.334. The number of hydrogen-bond donors (Lipinski definition) is 1. The highest BCUT2D eigenvalue weighted by atomic mass is 32.2. The number of para-hydroxylation sites is 1. The van der Waals surface area contributed by atoms with E-state index < -0.39 is 5.82 Å². The third-order valence-corrected chi connectivity index (χ3v) is 6.27. The Morgan fingerprint density at radius 2 is 2.17 bits per heavy atom. The zero-order valence-corrected chi connectivity index (χ0v) is 17.3. The van der Waals surface area contributed by atoms with Crippen LogP contribution in [0.4, 0.5) is 4.39 Å². The number of fused-ring (bicyclic) bond motifs is 1. The molecule has 1 atom stereocenters. The molecule has 9 heteroatoms. The van der Waals surface area contributed by atoms with Gasteiger partial charge >= 0.3 is 0 Å². The van der Waals surface area contributed by atoms with Gasteiger partial charge in [0, 0.05) is 29.3 Å². The monoisotopic (exact) mass is 424 g/mol. The van der Waals surface area contributed by atoms with Gasteiger partial charge in [-0.05, 0) is 37.1 Å². The van der Waals surface area contributed by atoms with Crippen molar-refractivity contribution in [2.24, 2.45) is 0 Å². The van der Waals surface area contributed by atoms with Gasteiger partial charge in [-0.3, -0.25) is 4.57 Å². The SMILES string of the molecule is CCc1ncnc(Sc2nnc(-c3c[nH]c4ccccc34)n2CC2CCCO2)c1F. The average molecular weight is 425 g/mol. The number of nitrogens with zero attached hydrogens (tertiary/aromatic N) is 5. The lowest BCUT2D eigenvalue weighted by atomic mass is 10.1. The van der Waals surface area contributed by atoms with Gasteiger partial charge in [-0.25, -0.2) is 14.4 Å². The van der Waals surface area contributed by atoms with Gasteiger partial charge in [0.25, 0.3) is 0 Å². The quantitative estimate of drug-likeness (QED) is 0.466. The van der Waals surface area contributed by atoms with Crippen LogP contribution in [0.3, 0.4) is 0 Å². The smallest absolute Gasteiger partial charge is 0.197 e. The van der Waals surface area contributed by atoms with Crippen LogP contribution in [0.5, 0.6) is 0 Å². The second-order valence-corrected chi connectivity index (χ2v) is 8.15. The predicted octanol–water partition coefficient (Wildman–Crippen LogP) is 4.25. The minimum absolute atomic E-state index is 0.0887. The van der Waals surface area contributed by atoms with E-state index in [1.807, 2.05) is 35.9 Å². The van der Waals surface area contributed by atoms with E-state index in [4.69, 9.17) is 4.74 Å². The first-order chi connectivity index (χ1) is 14.7. The van der Waals surface area contributed by atoms with Crippen LogP contribution >= 0.6 is 11.8 Å². The molecule has 1 saturated heterocycles. The van der Waals surface area contributed by atoms with Crippen molar-refractivity contribution >= 4 is 22.7 Å². The number of aromatic nitrogens is 6. The number of aromatic amines is 1. The normalized spacial score (nSPS) is 16.5. The minimum Gasteiger partial charge on any atom is -0.376 e. The highest BCUT2D eigenvalue weighted by Gasteiger charge is 2.24. The maximum Gasteiger partial charge on any atom is 0.197 e. The van der Waals surface area contributed by atoms with Crippen LogP contribution in [0.25, 0.3) is 22.3 Å². The van der Waals surface area contributed by atoms with E-state index in [9.17, 15) is 4.39 Å². The summed E-state index contributed by atoms with van der Waals surface area (Å²) in [4.78, 5) is 11.4. The molecule has 7 nitrogen and oxygen atoms in total. The number of benzene rings is 1. The number of rotatable bonds is 6. The maximum absolute atomic E-state index is 14.8. The van der Waals surface area contributed by atoms with Crippen LogP contribution in [-0.2, 0) is 17.7 Å². The number of ether oxygens (including phenoxy) is 1. The number of halogens is 1. The first-order valence-electron chi connectivity index (χ1n) is 10.0. The zero-order valence-electron chi connectivity index (χ0n) is 16.5. The van der Waals surface area contributed by atoms with Gasteiger partial charge in [0.05, 0.1) is 18.3 Å². The summed E-state index contributed by atoms with van der Waals surface area (Å²) in [6, 6.07) is 8.07. The van der Waals surface area contributed by atoms with Crippen LogP contribution in [0, 0.1) is 5.82 Å². The molecule has 0 saturated carbocycles. The first-order valence-corrected chi connectivity index (χ1v) is 10.8. The summed E-state index contributed by atoms with van der Waals surface area (Å²) < 4.78 is 22.6. The Morgan fingerprint density at radius 3 is 3.00 bits per heavy atom. The summed E-state index contributed by atoms with van der Waals surface area (Å²) in [6.45, 7) is 3.24. The highest BCUT2D eigenvalue weighted by molar-refractivity contribution is 7.99. The predicted molar refractivity (Wildman–Crippen MR) is 112 cm³/mol. The van der Waals surface area contributed by atoms with E-state index >= 15 is 0 Å². The van der Waals surface area contributed by atoms with Gasteiger partial charge in [0.1, 0.15) is 11.4 Å². The molecule has 1 unspecified atom stereocenters. The topological polar surface area (TPSA) is 81.5 Å². The van der Waals surface area contributed by atoms with Crippen molar-refractivity contribution in [2.45, 2.75) is 49.0 Å². The number of nitrogens with one attached hydrogen (secondary N) is 1. The van der Waals surface area contributed by atoms with Gasteiger partial charge in [0.15, 0.2) is 16.8 Å². The fourth-order valence-electron chi connectivity index (χ4n) is 3.77. The number of hydrogen-bond acceptors (Lipinski definition) is 6. The highest BCUT2D eigenvalue weighted by Crippen LogP contribution is 2.34. The van der Waals surface area contributed by atoms with Gasteiger partial charge in [-0.1, -0.05) is 25.1 Å². The molecular formula is C21H21FN6OS. The van der Waals surface area contributed by atoms with Crippen molar-refractivity contribution in [1.82, 2.24) is 29.7 Å². The van der Waals surface area contributed by atoms with E-state index in [0.717, 1.165) is 41.7 Å².